The molecule has 0 atom stereocenters. The summed E-state index contributed by atoms with van der Waals surface area (Å²) in [5.74, 6) is -0.276. The summed E-state index contributed by atoms with van der Waals surface area (Å²) in [6.45, 7) is 0.346. The lowest BCUT2D eigenvalue weighted by Crippen LogP contribution is -2.27. The molecule has 0 spiro atoms. The van der Waals surface area contributed by atoms with Gasteiger partial charge in [0, 0.05) is 25.1 Å². The molecule has 0 fully saturated rings. The fourth-order valence-corrected chi connectivity index (χ4v) is 2.35. The number of nitrogens with zero attached hydrogens (tertiary/aromatic N) is 3. The average Bonchev–Trinajstić information content (AvgIpc) is 2.94. The summed E-state index contributed by atoms with van der Waals surface area (Å²) in [5, 5.41) is 9.05. The van der Waals surface area contributed by atoms with E-state index in [1.54, 1.807) is 23.2 Å². The number of amides is 1. The van der Waals surface area contributed by atoms with Crippen LogP contribution in [-0.4, -0.2) is 26.5 Å². The van der Waals surface area contributed by atoms with Crippen LogP contribution in [-0.2, 0) is 24.8 Å². The zero-order chi connectivity index (χ0) is 14.3. The van der Waals surface area contributed by atoms with E-state index in [0.29, 0.717) is 18.7 Å². The monoisotopic (exact) mass is 271 g/mol. The van der Waals surface area contributed by atoms with Gasteiger partial charge in [0.15, 0.2) is 0 Å². The van der Waals surface area contributed by atoms with Crippen molar-refractivity contribution in [3.63, 3.8) is 0 Å². The number of carboxylic acids is 1. The van der Waals surface area contributed by atoms with E-state index in [9.17, 15) is 9.59 Å². The van der Waals surface area contributed by atoms with Crippen LogP contribution in [0.15, 0.2) is 30.6 Å². The maximum Gasteiger partial charge on any atom is 0.335 e. The van der Waals surface area contributed by atoms with Gasteiger partial charge in [-0.05, 0) is 17.7 Å². The highest BCUT2D eigenvalue weighted by molar-refractivity contribution is 6.02. The highest BCUT2D eigenvalue weighted by Crippen LogP contribution is 2.31. The van der Waals surface area contributed by atoms with Crippen molar-refractivity contribution >= 4 is 17.6 Å². The number of carboxylic acid groups (broad SMARTS) is 1. The molecule has 20 heavy (non-hydrogen) atoms. The summed E-state index contributed by atoms with van der Waals surface area (Å²) in [4.78, 5) is 28.9. The Morgan fingerprint density at radius 2 is 2.25 bits per heavy atom. The predicted molar refractivity (Wildman–Crippen MR) is 71.5 cm³/mol. The van der Waals surface area contributed by atoms with Gasteiger partial charge >= 0.3 is 5.97 Å². The third-order valence-electron chi connectivity index (χ3n) is 3.49. The van der Waals surface area contributed by atoms with Crippen molar-refractivity contribution in [1.29, 1.82) is 0 Å². The number of hydrogen-bond donors (Lipinski definition) is 1. The molecule has 1 N–H and O–H groups in total. The van der Waals surface area contributed by atoms with E-state index in [0.717, 1.165) is 11.4 Å². The first-order chi connectivity index (χ1) is 9.56. The Morgan fingerprint density at radius 3 is 2.90 bits per heavy atom. The second-order valence-corrected chi connectivity index (χ2v) is 4.76. The van der Waals surface area contributed by atoms with Crippen molar-refractivity contribution in [3.05, 3.63) is 47.5 Å². The molecule has 0 radical (unpaired) electrons. The van der Waals surface area contributed by atoms with Crippen LogP contribution in [0, 0.1) is 0 Å². The van der Waals surface area contributed by atoms with Gasteiger partial charge in [0.25, 0.3) is 0 Å². The smallest absolute Gasteiger partial charge is 0.335 e. The van der Waals surface area contributed by atoms with Crippen LogP contribution in [0.25, 0.3) is 0 Å². The van der Waals surface area contributed by atoms with Gasteiger partial charge in [-0.15, -0.1) is 0 Å². The molecule has 6 heteroatoms. The van der Waals surface area contributed by atoms with E-state index in [-0.39, 0.29) is 11.5 Å². The molecule has 0 unspecified atom stereocenters. The quantitative estimate of drug-likeness (QED) is 0.910. The molecule has 1 aromatic heterocycles. The van der Waals surface area contributed by atoms with Crippen LogP contribution < -0.4 is 4.90 Å². The number of carbonyl (C=O) groups excluding carboxylic acids is 1. The van der Waals surface area contributed by atoms with Gasteiger partial charge in [-0.2, -0.15) is 0 Å². The minimum absolute atomic E-state index is 0.0365. The summed E-state index contributed by atoms with van der Waals surface area (Å²) in [6, 6.07) is 4.78. The zero-order valence-corrected chi connectivity index (χ0v) is 10.9. The number of aryl methyl sites for hydroxylation is 1. The van der Waals surface area contributed by atoms with Gasteiger partial charge < -0.3 is 14.6 Å². The van der Waals surface area contributed by atoms with E-state index in [1.807, 2.05) is 17.8 Å². The van der Waals surface area contributed by atoms with Crippen LogP contribution in [0.3, 0.4) is 0 Å². The Bertz CT molecular complexity index is 705. The minimum atomic E-state index is -0.996. The van der Waals surface area contributed by atoms with Crippen LogP contribution in [0.5, 0.6) is 0 Å². The summed E-state index contributed by atoms with van der Waals surface area (Å²) in [7, 11) is 1.86. The van der Waals surface area contributed by atoms with E-state index >= 15 is 0 Å². The molecular formula is C14H13N3O3. The van der Waals surface area contributed by atoms with Gasteiger partial charge in [-0.25, -0.2) is 9.78 Å². The Labute approximate surface area is 115 Å². The average molecular weight is 271 g/mol. The number of carbonyl (C=O) groups is 2. The summed E-state index contributed by atoms with van der Waals surface area (Å²) in [5.41, 5.74) is 1.70. The largest absolute Gasteiger partial charge is 0.478 e. The van der Waals surface area contributed by atoms with Gasteiger partial charge in [-0.1, -0.05) is 6.07 Å². The molecule has 1 aromatic carbocycles. The first-order valence-corrected chi connectivity index (χ1v) is 6.19. The molecule has 3 rings (SSSR count). The van der Waals surface area contributed by atoms with Crippen LogP contribution in [0.4, 0.5) is 5.69 Å². The fraction of sp³-hybridized carbons (Fsp3) is 0.214. The second-order valence-electron chi connectivity index (χ2n) is 4.76. The lowest BCUT2D eigenvalue weighted by atomic mass is 10.1. The SMILES string of the molecule is Cn1ccnc1CN1C(=O)Cc2ccc(C(=O)O)cc21. The Hall–Kier alpha value is -2.63. The van der Waals surface area contributed by atoms with Crippen molar-refractivity contribution in [2.24, 2.45) is 7.05 Å². The number of aromatic nitrogens is 2. The van der Waals surface area contributed by atoms with Crippen LogP contribution in [0.2, 0.25) is 0 Å². The Kier molecular flexibility index (Phi) is 2.78. The van der Waals surface area contributed by atoms with Gasteiger partial charge in [0.1, 0.15) is 5.82 Å². The summed E-state index contributed by atoms with van der Waals surface area (Å²) in [6.07, 6.45) is 3.79. The molecule has 1 amide bonds. The second kappa shape index (κ2) is 4.48. The molecule has 1 aliphatic heterocycles. The lowest BCUT2D eigenvalue weighted by molar-refractivity contribution is -0.117. The number of fused-ring (bicyclic) bond motifs is 1. The van der Waals surface area contributed by atoms with Crippen LogP contribution >= 0.6 is 0 Å². The summed E-state index contributed by atoms with van der Waals surface area (Å²) < 4.78 is 1.84. The van der Waals surface area contributed by atoms with Crippen molar-refractivity contribution in [2.45, 2.75) is 13.0 Å². The Balaban J connectivity index is 1.98. The van der Waals surface area contributed by atoms with Gasteiger partial charge in [0.05, 0.1) is 18.5 Å². The van der Waals surface area contributed by atoms with E-state index in [2.05, 4.69) is 4.98 Å². The van der Waals surface area contributed by atoms with Gasteiger partial charge in [0.2, 0.25) is 5.91 Å². The molecule has 0 aliphatic carbocycles. The highest BCUT2D eigenvalue weighted by Gasteiger charge is 2.28. The van der Waals surface area contributed by atoms with E-state index in [4.69, 9.17) is 5.11 Å². The normalized spacial score (nSPS) is 13.7. The number of imidazole rings is 1. The van der Waals surface area contributed by atoms with Crippen molar-refractivity contribution < 1.29 is 14.7 Å². The van der Waals surface area contributed by atoms with Crippen molar-refractivity contribution in [2.75, 3.05) is 4.90 Å². The molecule has 0 saturated heterocycles. The molecule has 1 aliphatic rings. The van der Waals surface area contributed by atoms with E-state index in [1.165, 1.54) is 6.07 Å². The summed E-state index contributed by atoms with van der Waals surface area (Å²) >= 11 is 0. The fourth-order valence-electron chi connectivity index (χ4n) is 2.35. The maximum atomic E-state index is 12.1. The Morgan fingerprint density at radius 1 is 1.45 bits per heavy atom. The number of hydrogen-bond acceptors (Lipinski definition) is 3. The van der Waals surface area contributed by atoms with Crippen molar-refractivity contribution in [1.82, 2.24) is 9.55 Å². The molecule has 0 bridgehead atoms. The third-order valence-corrected chi connectivity index (χ3v) is 3.49. The number of benzene rings is 1. The van der Waals surface area contributed by atoms with E-state index < -0.39 is 5.97 Å². The molecular weight excluding hydrogens is 258 g/mol. The topological polar surface area (TPSA) is 75.4 Å². The first-order valence-electron chi connectivity index (χ1n) is 6.19. The standard InChI is InChI=1S/C14H13N3O3/c1-16-5-4-15-12(16)8-17-11-6-10(14(19)20)3-2-9(11)7-13(17)18/h2-6H,7-8H2,1H3,(H,19,20). The van der Waals surface area contributed by atoms with Crippen LogP contribution in [0.1, 0.15) is 21.7 Å². The minimum Gasteiger partial charge on any atom is -0.478 e. The molecule has 102 valence electrons. The highest BCUT2D eigenvalue weighted by atomic mass is 16.4. The molecule has 0 saturated carbocycles. The first kappa shape index (κ1) is 12.4. The number of aromatic carboxylic acids is 1. The molecule has 6 nitrogen and oxygen atoms in total. The third kappa shape index (κ3) is 1.95. The zero-order valence-electron chi connectivity index (χ0n) is 10.9. The lowest BCUT2D eigenvalue weighted by Gasteiger charge is -2.17. The number of rotatable bonds is 3. The maximum absolute atomic E-state index is 12.1. The molecule has 2 aromatic rings. The predicted octanol–water partition coefficient (Wildman–Crippen LogP) is 1.21. The molecule has 2 heterocycles. The number of anilines is 1. The van der Waals surface area contributed by atoms with Gasteiger partial charge in [-0.3, -0.25) is 4.79 Å². The van der Waals surface area contributed by atoms with Crippen molar-refractivity contribution in [3.8, 4) is 0 Å².